The smallest absolute Gasteiger partial charge is 0.216 e. The minimum absolute atomic E-state index is 0.343. The Morgan fingerprint density at radius 1 is 1.45 bits per heavy atom. The van der Waals surface area contributed by atoms with E-state index in [4.69, 9.17) is 0 Å². The Morgan fingerprint density at radius 3 is 2.82 bits per heavy atom. The molecule has 1 N–H and O–H groups in total. The highest BCUT2D eigenvalue weighted by Gasteiger charge is 2.34. The molecule has 1 aromatic heterocycles. The van der Waals surface area contributed by atoms with Crippen molar-refractivity contribution in [1.29, 1.82) is 0 Å². The van der Waals surface area contributed by atoms with Gasteiger partial charge in [0.25, 0.3) is 0 Å². The summed E-state index contributed by atoms with van der Waals surface area (Å²) in [4.78, 5) is 4.12. The molecular weight excluding hydrogens is 298 g/mol. The summed E-state index contributed by atoms with van der Waals surface area (Å²) in [5.74, 6) is 0.360. The fraction of sp³-hybridized carbons (Fsp3) is 0.688. The van der Waals surface area contributed by atoms with E-state index in [-0.39, 0.29) is 5.25 Å². The highest BCUT2D eigenvalue weighted by atomic mass is 32.2. The molecule has 1 aliphatic heterocycles. The SMILES string of the molecule is CC[C@H]1CN(S(=O)(=O)C(C)C)CC[C@@H]1NCc1cccnc1. The second-order valence-electron chi connectivity index (χ2n) is 6.26. The molecule has 5 nitrogen and oxygen atoms in total. The molecule has 0 aromatic carbocycles. The van der Waals surface area contributed by atoms with Gasteiger partial charge in [0.05, 0.1) is 5.25 Å². The van der Waals surface area contributed by atoms with E-state index in [2.05, 4.69) is 23.3 Å². The molecule has 0 saturated carbocycles. The van der Waals surface area contributed by atoms with Crippen LogP contribution in [0.25, 0.3) is 0 Å². The number of pyridine rings is 1. The fourth-order valence-electron chi connectivity index (χ4n) is 2.96. The summed E-state index contributed by atoms with van der Waals surface area (Å²) in [6, 6.07) is 4.36. The molecule has 22 heavy (non-hydrogen) atoms. The van der Waals surface area contributed by atoms with Gasteiger partial charge in [-0.1, -0.05) is 19.4 Å². The van der Waals surface area contributed by atoms with Gasteiger partial charge in [0.1, 0.15) is 0 Å². The number of sulfonamides is 1. The van der Waals surface area contributed by atoms with Crippen molar-refractivity contribution in [1.82, 2.24) is 14.6 Å². The van der Waals surface area contributed by atoms with Crippen molar-refractivity contribution in [3.63, 3.8) is 0 Å². The number of hydrogen-bond donors (Lipinski definition) is 1. The maximum atomic E-state index is 12.3. The number of piperidine rings is 1. The van der Waals surface area contributed by atoms with Gasteiger partial charge < -0.3 is 5.32 Å². The van der Waals surface area contributed by atoms with Gasteiger partial charge in [-0.25, -0.2) is 12.7 Å². The molecule has 1 aromatic rings. The van der Waals surface area contributed by atoms with Gasteiger partial charge >= 0.3 is 0 Å². The van der Waals surface area contributed by atoms with E-state index in [0.717, 1.165) is 24.9 Å². The summed E-state index contributed by atoms with van der Waals surface area (Å²) < 4.78 is 26.3. The van der Waals surface area contributed by atoms with Gasteiger partial charge in [0.15, 0.2) is 0 Å². The zero-order valence-electron chi connectivity index (χ0n) is 13.7. The minimum Gasteiger partial charge on any atom is -0.309 e. The summed E-state index contributed by atoms with van der Waals surface area (Å²) in [5, 5.41) is 3.24. The molecule has 2 rings (SSSR count). The lowest BCUT2D eigenvalue weighted by molar-refractivity contribution is 0.200. The van der Waals surface area contributed by atoms with Crippen molar-refractivity contribution in [3.8, 4) is 0 Å². The molecule has 1 saturated heterocycles. The maximum absolute atomic E-state index is 12.3. The van der Waals surface area contributed by atoms with E-state index in [1.807, 2.05) is 12.3 Å². The van der Waals surface area contributed by atoms with Crippen molar-refractivity contribution in [2.75, 3.05) is 13.1 Å². The van der Waals surface area contributed by atoms with Crippen molar-refractivity contribution >= 4 is 10.0 Å². The number of nitrogens with one attached hydrogen (secondary N) is 1. The Balaban J connectivity index is 1.96. The molecule has 0 radical (unpaired) electrons. The molecule has 0 amide bonds. The van der Waals surface area contributed by atoms with Crippen molar-refractivity contribution < 1.29 is 8.42 Å². The Kier molecular flexibility index (Phi) is 5.94. The van der Waals surface area contributed by atoms with Gasteiger partial charge in [-0.05, 0) is 37.8 Å². The van der Waals surface area contributed by atoms with Crippen LogP contribution in [-0.2, 0) is 16.6 Å². The van der Waals surface area contributed by atoms with E-state index < -0.39 is 10.0 Å². The molecule has 1 aliphatic rings. The van der Waals surface area contributed by atoms with Crippen LogP contribution in [0.4, 0.5) is 0 Å². The van der Waals surface area contributed by atoms with E-state index >= 15 is 0 Å². The van der Waals surface area contributed by atoms with Crippen LogP contribution in [0.15, 0.2) is 24.5 Å². The van der Waals surface area contributed by atoms with Crippen molar-refractivity contribution in [2.24, 2.45) is 5.92 Å². The largest absolute Gasteiger partial charge is 0.309 e. The summed E-state index contributed by atoms with van der Waals surface area (Å²) >= 11 is 0. The molecule has 6 heteroatoms. The van der Waals surface area contributed by atoms with Crippen LogP contribution in [0, 0.1) is 5.92 Å². The van der Waals surface area contributed by atoms with Crippen LogP contribution in [0.1, 0.15) is 39.2 Å². The highest BCUT2D eigenvalue weighted by Crippen LogP contribution is 2.24. The normalized spacial score (nSPS) is 23.8. The number of rotatable bonds is 6. The van der Waals surface area contributed by atoms with Crippen LogP contribution in [-0.4, -0.2) is 42.1 Å². The van der Waals surface area contributed by atoms with Crippen LogP contribution < -0.4 is 5.32 Å². The molecule has 0 unspecified atom stereocenters. The average molecular weight is 325 g/mol. The Bertz CT molecular complexity index is 560. The monoisotopic (exact) mass is 325 g/mol. The Labute approximate surface area is 134 Å². The summed E-state index contributed by atoms with van der Waals surface area (Å²) in [5.41, 5.74) is 1.16. The van der Waals surface area contributed by atoms with Gasteiger partial charge in [-0.15, -0.1) is 0 Å². The lowest BCUT2D eigenvalue weighted by Crippen LogP contribution is -2.51. The van der Waals surface area contributed by atoms with Gasteiger partial charge in [0, 0.05) is 38.1 Å². The van der Waals surface area contributed by atoms with E-state index in [1.165, 1.54) is 0 Å². The van der Waals surface area contributed by atoms with E-state index in [1.54, 1.807) is 24.3 Å². The number of hydrogen-bond acceptors (Lipinski definition) is 4. The molecule has 0 aliphatic carbocycles. The zero-order valence-corrected chi connectivity index (χ0v) is 14.5. The summed E-state index contributed by atoms with van der Waals surface area (Å²) in [6.45, 7) is 7.66. The predicted molar refractivity (Wildman–Crippen MR) is 88.9 cm³/mol. The third-order valence-electron chi connectivity index (χ3n) is 4.47. The first kappa shape index (κ1) is 17.4. The van der Waals surface area contributed by atoms with Crippen molar-refractivity contribution in [2.45, 2.75) is 51.4 Å². The van der Waals surface area contributed by atoms with E-state index in [9.17, 15) is 8.42 Å². The van der Waals surface area contributed by atoms with E-state index in [0.29, 0.717) is 25.0 Å². The third-order valence-corrected chi connectivity index (χ3v) is 6.71. The highest BCUT2D eigenvalue weighted by molar-refractivity contribution is 7.89. The van der Waals surface area contributed by atoms with Crippen molar-refractivity contribution in [3.05, 3.63) is 30.1 Å². The molecule has 0 bridgehead atoms. The van der Waals surface area contributed by atoms with Gasteiger partial charge in [0.2, 0.25) is 10.0 Å². The van der Waals surface area contributed by atoms with Crippen LogP contribution in [0.2, 0.25) is 0 Å². The quantitative estimate of drug-likeness (QED) is 0.869. The molecule has 124 valence electrons. The maximum Gasteiger partial charge on any atom is 0.216 e. The molecule has 1 fully saturated rings. The topological polar surface area (TPSA) is 62.3 Å². The lowest BCUT2D eigenvalue weighted by atomic mass is 9.91. The zero-order chi connectivity index (χ0) is 16.2. The number of nitrogens with zero attached hydrogens (tertiary/aromatic N) is 2. The van der Waals surface area contributed by atoms with Crippen LogP contribution >= 0.6 is 0 Å². The first-order valence-electron chi connectivity index (χ1n) is 8.06. The second-order valence-corrected chi connectivity index (χ2v) is 8.75. The summed E-state index contributed by atoms with van der Waals surface area (Å²) in [6.07, 6.45) is 5.49. The molecule has 0 spiro atoms. The fourth-order valence-corrected chi connectivity index (χ4v) is 4.32. The molecule has 2 atom stereocenters. The van der Waals surface area contributed by atoms with Crippen LogP contribution in [0.5, 0.6) is 0 Å². The van der Waals surface area contributed by atoms with Gasteiger partial charge in [-0.3, -0.25) is 4.98 Å². The third kappa shape index (κ3) is 4.06. The average Bonchev–Trinajstić information content (AvgIpc) is 2.53. The molecule has 2 heterocycles. The first-order valence-corrected chi connectivity index (χ1v) is 9.56. The molecular formula is C16H27N3O2S. The lowest BCUT2D eigenvalue weighted by Gasteiger charge is -2.38. The first-order chi connectivity index (χ1) is 10.4. The second kappa shape index (κ2) is 7.53. The van der Waals surface area contributed by atoms with Gasteiger partial charge in [-0.2, -0.15) is 0 Å². The van der Waals surface area contributed by atoms with Crippen LogP contribution in [0.3, 0.4) is 0 Å². The summed E-state index contributed by atoms with van der Waals surface area (Å²) in [7, 11) is -3.14. The predicted octanol–water partition coefficient (Wildman–Crippen LogP) is 2.01. The Hall–Kier alpha value is -0.980. The minimum atomic E-state index is -3.14. The Morgan fingerprint density at radius 2 is 2.23 bits per heavy atom. The number of aromatic nitrogens is 1. The standard InChI is InChI=1S/C16H27N3O2S/c1-4-15-12-19(22(20,21)13(2)3)9-7-16(15)18-11-14-6-5-8-17-10-14/h5-6,8,10,13,15-16,18H,4,7,9,11-12H2,1-3H3/t15-,16-/m0/s1.